The Labute approximate surface area is 243 Å². The Morgan fingerprint density at radius 1 is 0.683 bits per heavy atom. The number of rotatable bonds is 15. The molecule has 0 bridgehead atoms. The predicted octanol–water partition coefficient (Wildman–Crippen LogP) is 10.2. The van der Waals surface area contributed by atoms with Crippen LogP contribution in [0.5, 0.6) is 5.75 Å². The Morgan fingerprint density at radius 3 is 2.02 bits per heavy atom. The standard InChI is InChI=1S/C35H43F3O3/c1-3-5-7-8-9-11-21-39-32-20-19-30(34(37)35(32)38)26-15-13-25(14-16-26)27-17-18-29(31(36)22-27)28-23-40-33(41-24-28)12-10-6-4-2/h13-20,22,28,33H,3-12,21,23-24H2,1-2H3. The van der Waals surface area contributed by atoms with Crippen molar-refractivity contribution >= 4 is 0 Å². The molecule has 1 aliphatic rings. The van der Waals surface area contributed by atoms with Crippen molar-refractivity contribution in [2.75, 3.05) is 19.8 Å². The summed E-state index contributed by atoms with van der Waals surface area (Å²) in [6.45, 7) is 5.57. The third-order valence-electron chi connectivity index (χ3n) is 7.78. The van der Waals surface area contributed by atoms with Gasteiger partial charge in [-0.05, 0) is 59.7 Å². The molecule has 222 valence electrons. The Bertz CT molecular complexity index is 1220. The molecule has 3 aromatic carbocycles. The van der Waals surface area contributed by atoms with Crippen LogP contribution in [0.3, 0.4) is 0 Å². The third kappa shape index (κ3) is 8.59. The van der Waals surface area contributed by atoms with Gasteiger partial charge in [0.05, 0.1) is 19.8 Å². The summed E-state index contributed by atoms with van der Waals surface area (Å²) >= 11 is 0. The van der Waals surface area contributed by atoms with E-state index in [0.717, 1.165) is 50.5 Å². The van der Waals surface area contributed by atoms with Gasteiger partial charge in [-0.15, -0.1) is 0 Å². The van der Waals surface area contributed by atoms with Crippen molar-refractivity contribution < 1.29 is 27.4 Å². The van der Waals surface area contributed by atoms with Crippen LogP contribution in [0.1, 0.15) is 89.5 Å². The normalized spacial score (nSPS) is 17.1. The smallest absolute Gasteiger partial charge is 0.201 e. The fourth-order valence-corrected chi connectivity index (χ4v) is 5.26. The van der Waals surface area contributed by atoms with Crippen LogP contribution >= 0.6 is 0 Å². The van der Waals surface area contributed by atoms with Gasteiger partial charge in [-0.1, -0.05) is 95.2 Å². The van der Waals surface area contributed by atoms with Gasteiger partial charge < -0.3 is 14.2 Å². The number of halogens is 3. The van der Waals surface area contributed by atoms with Crippen LogP contribution in [0.2, 0.25) is 0 Å². The van der Waals surface area contributed by atoms with E-state index >= 15 is 4.39 Å². The topological polar surface area (TPSA) is 27.7 Å². The molecule has 0 aliphatic carbocycles. The second-order valence-electron chi connectivity index (χ2n) is 11.0. The maximum absolute atomic E-state index is 15.1. The van der Waals surface area contributed by atoms with Crippen LogP contribution in [-0.2, 0) is 9.47 Å². The molecule has 0 spiro atoms. The van der Waals surface area contributed by atoms with Gasteiger partial charge in [-0.2, -0.15) is 4.39 Å². The zero-order valence-electron chi connectivity index (χ0n) is 24.4. The third-order valence-corrected chi connectivity index (χ3v) is 7.78. The Morgan fingerprint density at radius 2 is 1.32 bits per heavy atom. The van der Waals surface area contributed by atoms with Gasteiger partial charge in [0, 0.05) is 11.5 Å². The largest absolute Gasteiger partial charge is 0.490 e. The van der Waals surface area contributed by atoms with Crippen molar-refractivity contribution in [3.05, 3.63) is 77.6 Å². The molecule has 3 nitrogen and oxygen atoms in total. The summed E-state index contributed by atoms with van der Waals surface area (Å²) in [5.74, 6) is -2.42. The lowest BCUT2D eigenvalue weighted by atomic mass is 9.95. The Kier molecular flexibility index (Phi) is 12.1. The molecule has 0 N–H and O–H groups in total. The monoisotopic (exact) mass is 568 g/mol. The summed E-state index contributed by atoms with van der Waals surface area (Å²) in [7, 11) is 0. The first-order valence-electron chi connectivity index (χ1n) is 15.3. The van der Waals surface area contributed by atoms with Gasteiger partial charge in [0.25, 0.3) is 0 Å². The fourth-order valence-electron chi connectivity index (χ4n) is 5.26. The maximum atomic E-state index is 15.1. The average Bonchev–Trinajstić information content (AvgIpc) is 2.99. The molecule has 1 heterocycles. The molecule has 4 rings (SSSR count). The highest BCUT2D eigenvalue weighted by Gasteiger charge is 2.25. The summed E-state index contributed by atoms with van der Waals surface area (Å²) in [5.41, 5.74) is 2.76. The second kappa shape index (κ2) is 16.0. The molecular weight excluding hydrogens is 525 g/mol. The van der Waals surface area contributed by atoms with Crippen molar-refractivity contribution in [1.82, 2.24) is 0 Å². The van der Waals surface area contributed by atoms with Crippen LogP contribution in [0.15, 0.2) is 54.6 Å². The predicted molar refractivity (Wildman–Crippen MR) is 159 cm³/mol. The first-order chi connectivity index (χ1) is 20.0. The lowest BCUT2D eigenvalue weighted by molar-refractivity contribution is -0.190. The molecule has 0 aromatic heterocycles. The molecule has 0 unspecified atom stereocenters. The Hall–Kier alpha value is -2.83. The second-order valence-corrected chi connectivity index (χ2v) is 11.0. The zero-order valence-corrected chi connectivity index (χ0v) is 24.4. The lowest BCUT2D eigenvalue weighted by Crippen LogP contribution is -2.31. The number of hydrogen-bond donors (Lipinski definition) is 0. The highest BCUT2D eigenvalue weighted by molar-refractivity contribution is 5.71. The lowest BCUT2D eigenvalue weighted by Gasteiger charge is -2.30. The average molecular weight is 569 g/mol. The summed E-state index contributed by atoms with van der Waals surface area (Å²) in [5, 5.41) is 0. The number of ether oxygens (including phenoxy) is 3. The molecule has 6 heteroatoms. The first-order valence-corrected chi connectivity index (χ1v) is 15.3. The highest BCUT2D eigenvalue weighted by atomic mass is 19.2. The van der Waals surface area contributed by atoms with Gasteiger partial charge in [-0.3, -0.25) is 0 Å². The van der Waals surface area contributed by atoms with Crippen LogP contribution in [0.4, 0.5) is 13.2 Å². The molecule has 1 fully saturated rings. The van der Waals surface area contributed by atoms with Crippen LogP contribution < -0.4 is 4.74 Å². The SMILES string of the molecule is CCCCCCCCOc1ccc(-c2ccc(-c3ccc(C4COC(CCCCC)OC4)c(F)c3)cc2)c(F)c1F. The van der Waals surface area contributed by atoms with E-state index in [1.807, 2.05) is 6.07 Å². The van der Waals surface area contributed by atoms with E-state index in [4.69, 9.17) is 14.2 Å². The van der Waals surface area contributed by atoms with Gasteiger partial charge in [-0.25, -0.2) is 8.78 Å². The van der Waals surface area contributed by atoms with Crippen LogP contribution in [-0.4, -0.2) is 26.1 Å². The summed E-state index contributed by atoms with van der Waals surface area (Å²) in [4.78, 5) is 0. The molecule has 0 amide bonds. The van der Waals surface area contributed by atoms with Gasteiger partial charge in [0.2, 0.25) is 5.82 Å². The number of benzene rings is 3. The minimum absolute atomic E-state index is 0.0622. The van der Waals surface area contributed by atoms with Gasteiger partial charge >= 0.3 is 0 Å². The van der Waals surface area contributed by atoms with Crippen LogP contribution in [0.25, 0.3) is 22.3 Å². The molecule has 0 radical (unpaired) electrons. The minimum atomic E-state index is -0.974. The van der Waals surface area contributed by atoms with E-state index in [1.165, 1.54) is 31.4 Å². The Balaban J connectivity index is 1.34. The van der Waals surface area contributed by atoms with Crippen molar-refractivity contribution in [1.29, 1.82) is 0 Å². The maximum Gasteiger partial charge on any atom is 0.201 e. The molecule has 3 aromatic rings. The molecule has 0 saturated carbocycles. The van der Waals surface area contributed by atoms with Crippen molar-refractivity contribution in [3.63, 3.8) is 0 Å². The van der Waals surface area contributed by atoms with Gasteiger partial charge in [0.15, 0.2) is 17.9 Å². The van der Waals surface area contributed by atoms with Crippen molar-refractivity contribution in [2.24, 2.45) is 0 Å². The van der Waals surface area contributed by atoms with Gasteiger partial charge in [0.1, 0.15) is 5.82 Å². The van der Waals surface area contributed by atoms with Crippen molar-refractivity contribution in [3.8, 4) is 28.0 Å². The first kappa shape index (κ1) is 31.1. The van der Waals surface area contributed by atoms with Crippen molar-refractivity contribution in [2.45, 2.75) is 90.3 Å². The summed E-state index contributed by atoms with van der Waals surface area (Å²) in [6.07, 6.45) is 10.6. The summed E-state index contributed by atoms with van der Waals surface area (Å²) < 4.78 is 62.0. The number of unbranched alkanes of at least 4 members (excludes halogenated alkanes) is 7. The minimum Gasteiger partial charge on any atom is -0.490 e. The van der Waals surface area contributed by atoms with E-state index in [2.05, 4.69) is 13.8 Å². The molecule has 1 aliphatic heterocycles. The fraction of sp³-hybridized carbons (Fsp3) is 0.486. The van der Waals surface area contributed by atoms with E-state index in [1.54, 1.807) is 36.4 Å². The molecule has 0 atom stereocenters. The number of hydrogen-bond acceptors (Lipinski definition) is 3. The van der Waals surface area contributed by atoms with Crippen LogP contribution in [0, 0.1) is 17.5 Å². The van der Waals surface area contributed by atoms with E-state index in [9.17, 15) is 8.78 Å². The summed E-state index contributed by atoms with van der Waals surface area (Å²) in [6, 6.07) is 15.2. The molecule has 1 saturated heterocycles. The molecular formula is C35H43F3O3. The highest BCUT2D eigenvalue weighted by Crippen LogP contribution is 2.33. The van der Waals surface area contributed by atoms with E-state index in [-0.39, 0.29) is 29.3 Å². The quantitative estimate of drug-likeness (QED) is 0.171. The zero-order chi connectivity index (χ0) is 29.0. The van der Waals surface area contributed by atoms with E-state index < -0.39 is 11.6 Å². The molecule has 41 heavy (non-hydrogen) atoms. The van der Waals surface area contributed by atoms with E-state index in [0.29, 0.717) is 36.5 Å².